The van der Waals surface area contributed by atoms with Crippen LogP contribution in [-0.4, -0.2) is 28.4 Å². The van der Waals surface area contributed by atoms with E-state index in [1.54, 1.807) is 0 Å². The molecule has 1 amide bonds. The zero-order valence-electron chi connectivity index (χ0n) is 5.03. The van der Waals surface area contributed by atoms with Crippen molar-refractivity contribution in [3.05, 3.63) is 0 Å². The lowest BCUT2D eigenvalue weighted by molar-refractivity contribution is -0.132. The minimum absolute atomic E-state index is 0.787. The van der Waals surface area contributed by atoms with E-state index in [4.69, 9.17) is 16.0 Å². The molecule has 0 fully saturated rings. The van der Waals surface area contributed by atoms with Gasteiger partial charge in [0.1, 0.15) is 6.04 Å². The number of hydrogen-bond acceptors (Lipinski definition) is 4. The van der Waals surface area contributed by atoms with Crippen LogP contribution in [0.2, 0.25) is 0 Å². The molecular weight excluding hydrogens is 124 g/mol. The molecule has 0 unspecified atom stereocenters. The SMILES string of the molecule is C[C@H](O)[C@H](N)C(=O)NO. The summed E-state index contributed by atoms with van der Waals surface area (Å²) < 4.78 is 0. The fourth-order valence-electron chi connectivity index (χ4n) is 0.294. The Hall–Kier alpha value is -0.650. The van der Waals surface area contributed by atoms with Crippen LogP contribution in [0.25, 0.3) is 0 Å². The van der Waals surface area contributed by atoms with Crippen LogP contribution in [-0.2, 0) is 4.79 Å². The van der Waals surface area contributed by atoms with Gasteiger partial charge >= 0.3 is 0 Å². The number of hydroxylamine groups is 1. The minimum Gasteiger partial charge on any atom is -0.391 e. The zero-order valence-corrected chi connectivity index (χ0v) is 5.03. The number of aliphatic hydroxyl groups is 1. The van der Waals surface area contributed by atoms with Crippen LogP contribution >= 0.6 is 0 Å². The van der Waals surface area contributed by atoms with Gasteiger partial charge < -0.3 is 10.8 Å². The average Bonchev–Trinajstić information content (AvgIpc) is 1.84. The van der Waals surface area contributed by atoms with Crippen molar-refractivity contribution in [1.82, 2.24) is 5.48 Å². The molecule has 9 heavy (non-hydrogen) atoms. The van der Waals surface area contributed by atoms with E-state index in [-0.39, 0.29) is 0 Å². The molecule has 2 atom stereocenters. The molecule has 0 aromatic rings. The number of carbonyl (C=O) groups excluding carboxylic acids is 1. The molecule has 0 rings (SSSR count). The van der Waals surface area contributed by atoms with Crippen molar-refractivity contribution >= 4 is 5.91 Å². The maximum Gasteiger partial charge on any atom is 0.262 e. The van der Waals surface area contributed by atoms with E-state index in [0.717, 1.165) is 0 Å². The highest BCUT2D eigenvalue weighted by Gasteiger charge is 2.17. The van der Waals surface area contributed by atoms with Crippen LogP contribution in [0.5, 0.6) is 0 Å². The Labute approximate surface area is 52.4 Å². The van der Waals surface area contributed by atoms with E-state index in [2.05, 4.69) is 0 Å². The summed E-state index contributed by atoms with van der Waals surface area (Å²) in [6.07, 6.45) is -0.947. The van der Waals surface area contributed by atoms with E-state index < -0.39 is 18.1 Å². The largest absolute Gasteiger partial charge is 0.391 e. The van der Waals surface area contributed by atoms with Gasteiger partial charge in [0.25, 0.3) is 5.91 Å². The van der Waals surface area contributed by atoms with Gasteiger partial charge in [0, 0.05) is 0 Å². The smallest absolute Gasteiger partial charge is 0.262 e. The Kier molecular flexibility index (Phi) is 3.15. The summed E-state index contributed by atoms with van der Waals surface area (Å²) >= 11 is 0. The fraction of sp³-hybridized carbons (Fsp3) is 0.750. The molecule has 0 radical (unpaired) electrons. The third-order valence-corrected chi connectivity index (χ3v) is 0.933. The summed E-state index contributed by atoms with van der Waals surface area (Å²) in [5.41, 5.74) is 6.37. The fourth-order valence-corrected chi connectivity index (χ4v) is 0.294. The van der Waals surface area contributed by atoms with Gasteiger partial charge in [0.15, 0.2) is 0 Å². The highest BCUT2D eigenvalue weighted by atomic mass is 16.5. The summed E-state index contributed by atoms with van der Waals surface area (Å²) in [5.74, 6) is -0.787. The number of carbonyl (C=O) groups is 1. The highest BCUT2D eigenvalue weighted by molar-refractivity contribution is 5.80. The van der Waals surface area contributed by atoms with Gasteiger partial charge in [-0.05, 0) is 6.92 Å². The van der Waals surface area contributed by atoms with Crippen LogP contribution in [0.3, 0.4) is 0 Å². The summed E-state index contributed by atoms with van der Waals surface area (Å²) in [6, 6.07) is -1.06. The molecule has 0 aromatic heterocycles. The molecule has 0 aliphatic heterocycles. The lowest BCUT2D eigenvalue weighted by Crippen LogP contribution is -2.46. The van der Waals surface area contributed by atoms with Crippen molar-refractivity contribution in [2.75, 3.05) is 0 Å². The normalized spacial score (nSPS) is 16.4. The maximum absolute atomic E-state index is 10.3. The second-order valence-electron chi connectivity index (χ2n) is 1.74. The molecule has 0 bridgehead atoms. The number of nitrogens with two attached hydrogens (primary N) is 1. The van der Waals surface area contributed by atoms with Gasteiger partial charge in [-0.1, -0.05) is 0 Å². The molecule has 5 N–H and O–H groups in total. The van der Waals surface area contributed by atoms with Crippen LogP contribution < -0.4 is 11.2 Å². The standard InChI is InChI=1S/C4H10N2O3/c1-2(7)3(5)4(8)6-9/h2-3,7,9H,5H2,1H3,(H,6,8)/t2-,3-/m0/s1. The average molecular weight is 134 g/mol. The molecule has 0 saturated carbocycles. The molecule has 5 heteroatoms. The molecule has 0 saturated heterocycles. The molecule has 0 aliphatic rings. The molecule has 0 aliphatic carbocycles. The first-order valence-electron chi connectivity index (χ1n) is 2.47. The number of amides is 1. The molecule has 54 valence electrons. The van der Waals surface area contributed by atoms with Gasteiger partial charge in [0.2, 0.25) is 0 Å². The highest BCUT2D eigenvalue weighted by Crippen LogP contribution is 1.86. The van der Waals surface area contributed by atoms with Crippen molar-refractivity contribution in [2.45, 2.75) is 19.1 Å². The third-order valence-electron chi connectivity index (χ3n) is 0.933. The number of nitrogens with one attached hydrogen (secondary N) is 1. The molecule has 5 nitrogen and oxygen atoms in total. The van der Waals surface area contributed by atoms with E-state index in [9.17, 15) is 4.79 Å². The van der Waals surface area contributed by atoms with Crippen molar-refractivity contribution in [3.63, 3.8) is 0 Å². The summed E-state index contributed by atoms with van der Waals surface area (Å²) in [6.45, 7) is 1.36. The number of rotatable bonds is 2. The van der Waals surface area contributed by atoms with Crippen LogP contribution in [0.15, 0.2) is 0 Å². The predicted octanol–water partition coefficient (Wildman–Crippen LogP) is -1.80. The topological polar surface area (TPSA) is 95.6 Å². The monoisotopic (exact) mass is 134 g/mol. The number of aliphatic hydroxyl groups excluding tert-OH is 1. The van der Waals surface area contributed by atoms with E-state index in [1.807, 2.05) is 0 Å². The van der Waals surface area contributed by atoms with Crippen molar-refractivity contribution in [3.8, 4) is 0 Å². The first kappa shape index (κ1) is 8.35. The van der Waals surface area contributed by atoms with E-state index in [1.165, 1.54) is 12.4 Å². The van der Waals surface area contributed by atoms with E-state index in [0.29, 0.717) is 0 Å². The summed E-state index contributed by atoms with van der Waals surface area (Å²) in [4.78, 5) is 10.3. The van der Waals surface area contributed by atoms with Gasteiger partial charge in [-0.25, -0.2) is 5.48 Å². The van der Waals surface area contributed by atoms with Crippen LogP contribution in [0.1, 0.15) is 6.92 Å². The lowest BCUT2D eigenvalue weighted by atomic mass is 10.2. The first-order valence-corrected chi connectivity index (χ1v) is 2.47. The zero-order chi connectivity index (χ0) is 7.44. The minimum atomic E-state index is -1.06. The predicted molar refractivity (Wildman–Crippen MR) is 29.6 cm³/mol. The Bertz CT molecular complexity index is 104. The number of hydrogen-bond donors (Lipinski definition) is 4. The second-order valence-corrected chi connectivity index (χ2v) is 1.74. The lowest BCUT2D eigenvalue weighted by Gasteiger charge is -2.10. The third kappa shape index (κ3) is 2.41. The Morgan fingerprint density at radius 3 is 2.33 bits per heavy atom. The molecule has 0 aromatic carbocycles. The van der Waals surface area contributed by atoms with Crippen molar-refractivity contribution in [1.29, 1.82) is 0 Å². The first-order chi connectivity index (χ1) is 4.09. The summed E-state index contributed by atoms with van der Waals surface area (Å²) in [5, 5.41) is 16.6. The van der Waals surface area contributed by atoms with Gasteiger partial charge in [0.05, 0.1) is 6.10 Å². The Balaban J connectivity index is 3.72. The molecular formula is C4H10N2O3. The molecule has 0 spiro atoms. The Morgan fingerprint density at radius 1 is 1.78 bits per heavy atom. The van der Waals surface area contributed by atoms with Crippen molar-refractivity contribution in [2.24, 2.45) is 5.73 Å². The summed E-state index contributed by atoms with van der Waals surface area (Å²) in [7, 11) is 0. The Morgan fingerprint density at radius 2 is 2.22 bits per heavy atom. The van der Waals surface area contributed by atoms with Crippen LogP contribution in [0.4, 0.5) is 0 Å². The van der Waals surface area contributed by atoms with E-state index >= 15 is 0 Å². The van der Waals surface area contributed by atoms with Crippen molar-refractivity contribution < 1.29 is 15.1 Å². The quantitative estimate of drug-likeness (QED) is 0.264. The van der Waals surface area contributed by atoms with Crippen LogP contribution in [0, 0.1) is 0 Å². The van der Waals surface area contributed by atoms with Gasteiger partial charge in [-0.3, -0.25) is 10.0 Å². The van der Waals surface area contributed by atoms with Gasteiger partial charge in [-0.15, -0.1) is 0 Å². The van der Waals surface area contributed by atoms with Gasteiger partial charge in [-0.2, -0.15) is 0 Å². The molecule has 0 heterocycles. The maximum atomic E-state index is 10.3. The second kappa shape index (κ2) is 3.39.